The summed E-state index contributed by atoms with van der Waals surface area (Å²) in [6.07, 6.45) is 3.08. The number of ether oxygens (including phenoxy) is 1. The van der Waals surface area contributed by atoms with E-state index in [1.807, 2.05) is 6.07 Å². The van der Waals surface area contributed by atoms with Crippen LogP contribution in [0.15, 0.2) is 18.2 Å². The maximum atomic E-state index is 12.1. The molecule has 0 aromatic heterocycles. The molecule has 0 saturated carbocycles. The molecule has 1 N–H and O–H groups in total. The normalized spacial score (nSPS) is 24.5. The molecule has 0 aliphatic carbocycles. The Bertz CT molecular complexity index is 483. The number of nitrogens with one attached hydrogen (secondary N) is 1. The van der Waals surface area contributed by atoms with Crippen molar-refractivity contribution in [3.63, 3.8) is 0 Å². The number of halogens is 1. The number of hydrogen-bond donors (Lipinski definition) is 1. The standard InChI is InChI=1S/C15H18BrNO2/c16-14(12-5-7-19-9-12)11-4-3-10-2-1-6-17-15(18)13(10)8-11/h3-4,8,12,14H,1-2,5-7,9H2,(H,17,18). The molecular formula is C15H18BrNO2. The Morgan fingerprint density at radius 3 is 3.11 bits per heavy atom. The number of hydrogen-bond acceptors (Lipinski definition) is 2. The first kappa shape index (κ1) is 13.1. The fraction of sp³-hybridized carbons (Fsp3) is 0.533. The summed E-state index contributed by atoms with van der Waals surface area (Å²) in [7, 11) is 0. The zero-order valence-electron chi connectivity index (χ0n) is 10.8. The fourth-order valence-corrected chi connectivity index (χ4v) is 3.53. The minimum absolute atomic E-state index is 0.0664. The molecule has 1 amide bonds. The van der Waals surface area contributed by atoms with Gasteiger partial charge in [-0.2, -0.15) is 0 Å². The Morgan fingerprint density at radius 1 is 1.42 bits per heavy atom. The van der Waals surface area contributed by atoms with Crippen LogP contribution in [0, 0.1) is 5.92 Å². The number of benzene rings is 1. The van der Waals surface area contributed by atoms with Crippen molar-refractivity contribution < 1.29 is 9.53 Å². The smallest absolute Gasteiger partial charge is 0.251 e. The molecule has 102 valence electrons. The highest BCUT2D eigenvalue weighted by molar-refractivity contribution is 9.09. The molecule has 19 heavy (non-hydrogen) atoms. The molecular weight excluding hydrogens is 306 g/mol. The molecule has 2 unspecified atom stereocenters. The lowest BCUT2D eigenvalue weighted by Gasteiger charge is -2.17. The first-order valence-electron chi connectivity index (χ1n) is 6.88. The molecule has 2 aliphatic rings. The predicted octanol–water partition coefficient (Wildman–Crippen LogP) is 2.84. The van der Waals surface area contributed by atoms with Crippen LogP contribution in [0.2, 0.25) is 0 Å². The zero-order chi connectivity index (χ0) is 13.2. The van der Waals surface area contributed by atoms with Crippen molar-refractivity contribution in [3.8, 4) is 0 Å². The van der Waals surface area contributed by atoms with Gasteiger partial charge in [-0.25, -0.2) is 0 Å². The van der Waals surface area contributed by atoms with E-state index in [4.69, 9.17) is 4.74 Å². The van der Waals surface area contributed by atoms with Gasteiger partial charge < -0.3 is 10.1 Å². The second-order valence-electron chi connectivity index (χ2n) is 5.30. The summed E-state index contributed by atoms with van der Waals surface area (Å²) in [5, 5.41) is 2.96. The molecule has 4 heteroatoms. The van der Waals surface area contributed by atoms with Crippen LogP contribution in [0.25, 0.3) is 0 Å². The number of aryl methyl sites for hydroxylation is 1. The lowest BCUT2D eigenvalue weighted by atomic mass is 9.94. The SMILES string of the molecule is O=C1NCCCc2ccc(C(Br)C3CCOC3)cc21. The molecule has 2 atom stereocenters. The third-order valence-corrected chi connectivity index (χ3v) is 5.26. The van der Waals surface area contributed by atoms with E-state index in [1.165, 1.54) is 11.1 Å². The van der Waals surface area contributed by atoms with Gasteiger partial charge in [0, 0.05) is 29.5 Å². The highest BCUT2D eigenvalue weighted by atomic mass is 79.9. The van der Waals surface area contributed by atoms with Crippen LogP contribution in [0.3, 0.4) is 0 Å². The van der Waals surface area contributed by atoms with Crippen molar-refractivity contribution in [3.05, 3.63) is 34.9 Å². The topological polar surface area (TPSA) is 38.3 Å². The Kier molecular flexibility index (Phi) is 3.89. The van der Waals surface area contributed by atoms with E-state index in [2.05, 4.69) is 33.4 Å². The Balaban J connectivity index is 1.89. The summed E-state index contributed by atoms with van der Waals surface area (Å²) in [5.41, 5.74) is 3.20. The van der Waals surface area contributed by atoms with Gasteiger partial charge >= 0.3 is 0 Å². The summed E-state index contributed by atoms with van der Waals surface area (Å²) in [4.78, 5) is 12.3. The van der Waals surface area contributed by atoms with Crippen LogP contribution in [-0.4, -0.2) is 25.7 Å². The van der Waals surface area contributed by atoms with Crippen LogP contribution in [0.5, 0.6) is 0 Å². The maximum absolute atomic E-state index is 12.1. The Hall–Kier alpha value is -0.870. The number of fused-ring (bicyclic) bond motifs is 1. The van der Waals surface area contributed by atoms with Gasteiger partial charge in [0.1, 0.15) is 0 Å². The largest absolute Gasteiger partial charge is 0.381 e. The molecule has 1 aromatic rings. The minimum atomic E-state index is 0.0664. The average molecular weight is 324 g/mol. The van der Waals surface area contributed by atoms with Crippen molar-refractivity contribution in [1.29, 1.82) is 0 Å². The van der Waals surface area contributed by atoms with Crippen molar-refractivity contribution in [2.24, 2.45) is 5.92 Å². The first-order chi connectivity index (χ1) is 9.25. The van der Waals surface area contributed by atoms with E-state index in [1.54, 1.807) is 0 Å². The third-order valence-electron chi connectivity index (χ3n) is 3.98. The van der Waals surface area contributed by atoms with Gasteiger partial charge in [-0.15, -0.1) is 0 Å². The van der Waals surface area contributed by atoms with Gasteiger partial charge in [-0.05, 0) is 36.5 Å². The summed E-state index contributed by atoms with van der Waals surface area (Å²) in [6, 6.07) is 6.31. The summed E-state index contributed by atoms with van der Waals surface area (Å²) in [5.74, 6) is 0.573. The van der Waals surface area contributed by atoms with Crippen molar-refractivity contribution in [1.82, 2.24) is 5.32 Å². The van der Waals surface area contributed by atoms with Crippen LogP contribution in [0.4, 0.5) is 0 Å². The van der Waals surface area contributed by atoms with Gasteiger partial charge in [0.15, 0.2) is 0 Å². The molecule has 3 nitrogen and oxygen atoms in total. The molecule has 1 saturated heterocycles. The van der Waals surface area contributed by atoms with Crippen LogP contribution in [-0.2, 0) is 11.2 Å². The molecule has 0 radical (unpaired) electrons. The van der Waals surface area contributed by atoms with E-state index in [9.17, 15) is 4.79 Å². The van der Waals surface area contributed by atoms with Crippen LogP contribution < -0.4 is 5.32 Å². The first-order valence-corrected chi connectivity index (χ1v) is 7.80. The van der Waals surface area contributed by atoms with Crippen molar-refractivity contribution in [2.75, 3.05) is 19.8 Å². The second kappa shape index (κ2) is 5.63. The van der Waals surface area contributed by atoms with Gasteiger partial charge in [-0.3, -0.25) is 4.79 Å². The van der Waals surface area contributed by atoms with E-state index >= 15 is 0 Å². The molecule has 0 bridgehead atoms. The third kappa shape index (κ3) is 2.70. The van der Waals surface area contributed by atoms with Crippen LogP contribution in [0.1, 0.15) is 39.2 Å². The van der Waals surface area contributed by atoms with E-state index in [0.29, 0.717) is 5.92 Å². The van der Waals surface area contributed by atoms with Gasteiger partial charge in [-0.1, -0.05) is 28.1 Å². The second-order valence-corrected chi connectivity index (χ2v) is 6.29. The summed E-state index contributed by atoms with van der Waals surface area (Å²) < 4.78 is 5.44. The lowest BCUT2D eigenvalue weighted by Crippen LogP contribution is -2.22. The molecule has 3 rings (SSSR count). The number of carbonyl (C=O) groups is 1. The monoisotopic (exact) mass is 323 g/mol. The zero-order valence-corrected chi connectivity index (χ0v) is 12.4. The maximum Gasteiger partial charge on any atom is 0.251 e. The summed E-state index contributed by atoms with van der Waals surface area (Å²) >= 11 is 3.77. The van der Waals surface area contributed by atoms with Crippen LogP contribution >= 0.6 is 15.9 Å². The molecule has 2 heterocycles. The number of alkyl halides is 1. The average Bonchev–Trinajstić information content (AvgIpc) is 2.90. The summed E-state index contributed by atoms with van der Waals surface area (Å²) in [6.45, 7) is 2.43. The highest BCUT2D eigenvalue weighted by Crippen LogP contribution is 2.36. The number of carbonyl (C=O) groups excluding carboxylic acids is 1. The van der Waals surface area contributed by atoms with E-state index in [-0.39, 0.29) is 10.7 Å². The van der Waals surface area contributed by atoms with E-state index in [0.717, 1.165) is 44.6 Å². The lowest BCUT2D eigenvalue weighted by molar-refractivity contribution is 0.0956. The molecule has 1 aromatic carbocycles. The van der Waals surface area contributed by atoms with Crippen molar-refractivity contribution in [2.45, 2.75) is 24.1 Å². The fourth-order valence-electron chi connectivity index (χ4n) is 2.83. The minimum Gasteiger partial charge on any atom is -0.381 e. The van der Waals surface area contributed by atoms with Crippen molar-refractivity contribution >= 4 is 21.8 Å². The molecule has 1 fully saturated rings. The quantitative estimate of drug-likeness (QED) is 0.850. The number of rotatable bonds is 2. The van der Waals surface area contributed by atoms with Gasteiger partial charge in [0.25, 0.3) is 5.91 Å². The Morgan fingerprint density at radius 2 is 2.32 bits per heavy atom. The number of amides is 1. The Labute approximate surface area is 121 Å². The molecule has 2 aliphatic heterocycles. The van der Waals surface area contributed by atoms with Gasteiger partial charge in [0.2, 0.25) is 0 Å². The molecule has 0 spiro atoms. The van der Waals surface area contributed by atoms with Gasteiger partial charge in [0.05, 0.1) is 6.61 Å². The highest BCUT2D eigenvalue weighted by Gasteiger charge is 2.26. The van der Waals surface area contributed by atoms with E-state index < -0.39 is 0 Å². The predicted molar refractivity (Wildman–Crippen MR) is 77.7 cm³/mol.